The predicted octanol–water partition coefficient (Wildman–Crippen LogP) is 6.81. The van der Waals surface area contributed by atoms with Crippen LogP contribution in [-0.4, -0.2) is 136 Å². The van der Waals surface area contributed by atoms with Crippen LogP contribution >= 0.6 is 23.3 Å². The number of hydrogen-bond donors (Lipinski definition) is 2. The first kappa shape index (κ1) is 48.9. The molecule has 0 radical (unpaired) electrons. The van der Waals surface area contributed by atoms with Gasteiger partial charge in [-0.05, 0) is 86.2 Å². The number of likely N-dealkylation sites (tertiary alicyclic amines) is 1. The Morgan fingerprint density at radius 2 is 1.84 bits per heavy atom. The molecule has 3 aromatic heterocycles. The second-order valence-electron chi connectivity index (χ2n) is 18.1. The Morgan fingerprint density at radius 3 is 2.48 bits per heavy atom. The molecule has 0 aliphatic carbocycles. The van der Waals surface area contributed by atoms with Gasteiger partial charge in [-0.25, -0.2) is 15.2 Å². The molecule has 2 fully saturated rings. The van der Waals surface area contributed by atoms with Gasteiger partial charge in [0.1, 0.15) is 11.3 Å². The number of amides is 5. The summed E-state index contributed by atoms with van der Waals surface area (Å²) in [5.74, 6) is -0.640. The maximum atomic E-state index is 14.2. The molecule has 2 aliphatic heterocycles. The second-order valence-corrected chi connectivity index (χ2v) is 20.4. The van der Waals surface area contributed by atoms with E-state index in [1.165, 1.54) is 27.6 Å². The molecule has 3 atom stereocenters. The zero-order valence-electron chi connectivity index (χ0n) is 39.4. The van der Waals surface area contributed by atoms with E-state index in [4.69, 9.17) is 19.4 Å². The molecule has 1 aromatic carbocycles. The van der Waals surface area contributed by atoms with Crippen molar-refractivity contribution < 1.29 is 28.7 Å². The van der Waals surface area contributed by atoms with Crippen molar-refractivity contribution in [3.63, 3.8) is 0 Å². The third-order valence-electron chi connectivity index (χ3n) is 12.2. The van der Waals surface area contributed by atoms with Gasteiger partial charge in [0.05, 0.1) is 47.4 Å². The molecule has 348 valence electrons. The summed E-state index contributed by atoms with van der Waals surface area (Å²) in [6.07, 6.45) is 4.30. The largest absolute Gasteiger partial charge is 0.378 e. The SMILES string of the molecule is CCn1c(-c2cccnc2C(C)OC)c(CC(C)(C)CN(C)C(C)=O)c2cc(-c3csc(CC(NC(=O)C(SN(C)C(=O)N4CC(OC)C4)C(C)C)C(=O)N4CCCCN4)n3)ccc21. The quantitative estimate of drug-likeness (QED) is 0.102. The number of thiazole rings is 1. The normalized spacial score (nSPS) is 16.1. The van der Waals surface area contributed by atoms with Crippen LogP contribution in [0.5, 0.6) is 0 Å². The predicted molar refractivity (Wildman–Crippen MR) is 255 cm³/mol. The van der Waals surface area contributed by atoms with Gasteiger partial charge in [0.25, 0.3) is 5.91 Å². The molecule has 2 saturated heterocycles. The minimum atomic E-state index is -0.883. The van der Waals surface area contributed by atoms with Crippen molar-refractivity contribution in [1.82, 2.24) is 44.4 Å². The average molecular weight is 918 g/mol. The van der Waals surface area contributed by atoms with Gasteiger partial charge < -0.3 is 29.2 Å². The molecule has 6 rings (SSSR count). The Balaban J connectivity index is 1.33. The highest BCUT2D eigenvalue weighted by Crippen LogP contribution is 2.42. The number of methoxy groups -OCH3 is 2. The number of carbonyl (C=O) groups is 4. The molecular formula is C47H67N9O6S2. The number of ether oxygens (including phenoxy) is 2. The van der Waals surface area contributed by atoms with Gasteiger partial charge in [-0.3, -0.25) is 28.7 Å². The summed E-state index contributed by atoms with van der Waals surface area (Å²) in [5, 5.41) is 7.91. The van der Waals surface area contributed by atoms with Crippen molar-refractivity contribution in [3.8, 4) is 22.5 Å². The van der Waals surface area contributed by atoms with E-state index in [1.807, 2.05) is 39.3 Å². The lowest BCUT2D eigenvalue weighted by Gasteiger charge is -2.40. The van der Waals surface area contributed by atoms with Gasteiger partial charge in [-0.1, -0.05) is 33.8 Å². The van der Waals surface area contributed by atoms with Crippen molar-refractivity contribution in [1.29, 1.82) is 0 Å². The zero-order chi connectivity index (χ0) is 46.5. The number of nitrogens with zero attached hydrogens (tertiary/aromatic N) is 7. The van der Waals surface area contributed by atoms with Crippen LogP contribution in [0.4, 0.5) is 4.79 Å². The van der Waals surface area contributed by atoms with Crippen molar-refractivity contribution in [2.75, 3.05) is 61.0 Å². The van der Waals surface area contributed by atoms with Gasteiger partial charge in [0.15, 0.2) is 0 Å². The van der Waals surface area contributed by atoms with E-state index in [0.717, 1.165) is 64.1 Å². The summed E-state index contributed by atoms with van der Waals surface area (Å²) in [7, 11) is 6.86. The number of urea groups is 1. The number of hydrogen-bond acceptors (Lipinski definition) is 11. The van der Waals surface area contributed by atoms with Crippen LogP contribution in [0.2, 0.25) is 0 Å². The van der Waals surface area contributed by atoms with E-state index in [9.17, 15) is 19.2 Å². The number of benzene rings is 1. The Morgan fingerprint density at radius 1 is 1.09 bits per heavy atom. The van der Waals surface area contributed by atoms with E-state index < -0.39 is 11.3 Å². The number of aromatic nitrogens is 3. The minimum absolute atomic E-state index is 0.0184. The lowest BCUT2D eigenvalue weighted by atomic mass is 9.83. The summed E-state index contributed by atoms with van der Waals surface area (Å²) >= 11 is 2.64. The van der Waals surface area contributed by atoms with E-state index in [-0.39, 0.29) is 53.7 Å². The summed E-state index contributed by atoms with van der Waals surface area (Å²) in [6, 6.07) is 9.47. The van der Waals surface area contributed by atoms with Gasteiger partial charge in [-0.15, -0.1) is 11.3 Å². The van der Waals surface area contributed by atoms with Crippen LogP contribution in [0.1, 0.15) is 83.7 Å². The number of aryl methyl sites for hydroxylation is 1. The molecule has 5 heterocycles. The van der Waals surface area contributed by atoms with E-state index in [0.29, 0.717) is 44.2 Å². The molecule has 15 nitrogen and oxygen atoms in total. The van der Waals surface area contributed by atoms with Crippen molar-refractivity contribution in [2.45, 2.75) is 104 Å². The van der Waals surface area contributed by atoms with Crippen LogP contribution in [-0.2, 0) is 43.2 Å². The summed E-state index contributed by atoms with van der Waals surface area (Å²) < 4.78 is 15.0. The number of rotatable bonds is 18. The molecule has 2 aliphatic rings. The van der Waals surface area contributed by atoms with Crippen LogP contribution < -0.4 is 10.7 Å². The molecule has 3 unspecified atom stereocenters. The standard InChI is InChI=1S/C47H67N9O6S2/c1-12-55-39-18-17-32(22-35(39)36(24-47(6,7)28-52(8)31(5)57)42(55)34-16-15-19-48-41(34)30(4)61-10)38-27-63-40(50-38)23-37(45(59)56-21-14-13-20-49-56)51-44(58)43(29(2)3)64-53(9)46(60)54-25-33(26-54)62-11/h15-19,22,27,29-30,33,37,43,49H,12-14,20-21,23-26,28H2,1-11H3,(H,51,58). The Labute approximate surface area is 386 Å². The van der Waals surface area contributed by atoms with Gasteiger partial charge >= 0.3 is 6.03 Å². The first-order valence-electron chi connectivity index (χ1n) is 22.3. The molecule has 64 heavy (non-hydrogen) atoms. The monoisotopic (exact) mass is 917 g/mol. The molecule has 0 bridgehead atoms. The van der Waals surface area contributed by atoms with Crippen LogP contribution in [0.15, 0.2) is 41.9 Å². The summed E-state index contributed by atoms with van der Waals surface area (Å²) in [5.41, 5.74) is 9.82. The Hall–Kier alpha value is -4.55. The maximum absolute atomic E-state index is 14.2. The topological polar surface area (TPSA) is 154 Å². The molecule has 0 spiro atoms. The third kappa shape index (κ3) is 11.1. The van der Waals surface area contributed by atoms with E-state index in [2.05, 4.69) is 60.3 Å². The van der Waals surface area contributed by atoms with E-state index in [1.54, 1.807) is 49.2 Å². The summed E-state index contributed by atoms with van der Waals surface area (Å²) in [6.45, 7) is 17.6. The van der Waals surface area contributed by atoms with Gasteiger partial charge in [-0.2, -0.15) is 0 Å². The molecular weight excluding hydrogens is 851 g/mol. The molecule has 5 amide bonds. The first-order valence-corrected chi connectivity index (χ1v) is 24.1. The zero-order valence-corrected chi connectivity index (χ0v) is 41.0. The molecule has 17 heteroatoms. The number of nitrogens with one attached hydrogen (secondary N) is 2. The fourth-order valence-electron chi connectivity index (χ4n) is 8.60. The Kier molecular flexibility index (Phi) is 16.2. The summed E-state index contributed by atoms with van der Waals surface area (Å²) in [4.78, 5) is 67.3. The highest BCUT2D eigenvalue weighted by molar-refractivity contribution is 7.98. The molecule has 2 N–H and O–H groups in total. The Bertz CT molecular complexity index is 2280. The second kappa shape index (κ2) is 21.2. The molecule has 4 aromatic rings. The maximum Gasteiger partial charge on any atom is 0.329 e. The number of fused-ring (bicyclic) bond motifs is 1. The highest BCUT2D eigenvalue weighted by atomic mass is 32.2. The van der Waals surface area contributed by atoms with Crippen molar-refractivity contribution in [2.24, 2.45) is 11.3 Å². The average Bonchev–Trinajstić information content (AvgIpc) is 3.85. The van der Waals surface area contributed by atoms with Crippen LogP contribution in [0.25, 0.3) is 33.4 Å². The third-order valence-corrected chi connectivity index (χ3v) is 14.6. The van der Waals surface area contributed by atoms with Crippen LogP contribution in [0, 0.1) is 11.3 Å². The number of carbonyl (C=O) groups excluding carboxylic acids is 4. The molecule has 0 saturated carbocycles. The van der Waals surface area contributed by atoms with Gasteiger partial charge in [0, 0.05) is 101 Å². The first-order chi connectivity index (χ1) is 30.5. The van der Waals surface area contributed by atoms with Crippen molar-refractivity contribution >= 4 is 57.9 Å². The minimum Gasteiger partial charge on any atom is -0.378 e. The lowest BCUT2D eigenvalue weighted by molar-refractivity contribution is -0.140. The fourth-order valence-corrected chi connectivity index (χ4v) is 10.4. The van der Waals surface area contributed by atoms with Crippen LogP contribution in [0.3, 0.4) is 0 Å². The highest BCUT2D eigenvalue weighted by Gasteiger charge is 2.37. The van der Waals surface area contributed by atoms with E-state index >= 15 is 0 Å². The smallest absolute Gasteiger partial charge is 0.329 e. The lowest BCUT2D eigenvalue weighted by Crippen LogP contribution is -2.58. The van der Waals surface area contributed by atoms with Crippen molar-refractivity contribution in [3.05, 3.63) is 58.2 Å². The van der Waals surface area contributed by atoms with Gasteiger partial charge in [0.2, 0.25) is 11.8 Å². The number of pyridine rings is 1. The fraction of sp³-hybridized carbons (Fsp3) is 0.574. The number of hydrazine groups is 1.